The van der Waals surface area contributed by atoms with Gasteiger partial charge in [-0.15, -0.1) is 34.0 Å². The van der Waals surface area contributed by atoms with Crippen molar-refractivity contribution in [2.24, 2.45) is 0 Å². The van der Waals surface area contributed by atoms with Gasteiger partial charge >= 0.3 is 0 Å². The van der Waals surface area contributed by atoms with Crippen LogP contribution in [-0.4, -0.2) is 93.6 Å². The number of methoxy groups -OCH3 is 1. The lowest BCUT2D eigenvalue weighted by molar-refractivity contribution is -0.118. The van der Waals surface area contributed by atoms with Crippen molar-refractivity contribution in [3.63, 3.8) is 0 Å². The van der Waals surface area contributed by atoms with Crippen molar-refractivity contribution in [2.45, 2.75) is 66.6 Å². The highest BCUT2D eigenvalue weighted by Gasteiger charge is 2.21. The Morgan fingerprint density at radius 1 is 0.489 bits per heavy atom. The highest BCUT2D eigenvalue weighted by molar-refractivity contribution is 7.14. The van der Waals surface area contributed by atoms with Gasteiger partial charge in [0.05, 0.1) is 24.2 Å². The van der Waals surface area contributed by atoms with E-state index in [1.807, 2.05) is 25.1 Å². The Morgan fingerprint density at radius 2 is 0.830 bits per heavy atom. The largest absolute Gasteiger partial charge is 0.481 e. The second kappa shape index (κ2) is 31.0. The van der Waals surface area contributed by atoms with Gasteiger partial charge in [0, 0.05) is 123 Å². The maximum Gasteiger partial charge on any atom is 0.271 e. The lowest BCUT2D eigenvalue weighted by Crippen LogP contribution is -2.26. The molecular weight excluding hydrogens is 1190 g/mol. The van der Waals surface area contributed by atoms with Crippen LogP contribution in [0.2, 0.25) is 0 Å². The SMILES string of the molecule is CCC(=O)N(C)c1ccc(-c2nc(C(=O)NCc3ccc(C)nc3)cs2)cc1F.CCC(=O)N(C)c1ccc(-c2nc(C(=O)NCc3ccc(N)nc3)cs2)cc1F.CCC(=O)N(C)c1ccc(-c2nc(C(=O)NCc3ccc(OC)nc3)cs2)cc1F. The second-order valence-electron chi connectivity index (χ2n) is 19.2. The van der Waals surface area contributed by atoms with Crippen LogP contribution >= 0.6 is 34.0 Å². The molecule has 0 radical (unpaired) electrons. The van der Waals surface area contributed by atoms with Crippen LogP contribution in [0.25, 0.3) is 31.7 Å². The van der Waals surface area contributed by atoms with Crippen LogP contribution in [0.3, 0.4) is 0 Å². The number of carbonyl (C=O) groups excluding carboxylic acids is 6. The standard InChI is InChI=1S/C21H21FN4O3S.C21H21FN4O2S.C20H20FN5O2S/c1-4-19(27)26(2)17-7-6-14(9-15(17)22)21-25-16(12-30-21)20(28)24-11-13-5-8-18(29-3)23-10-13;1-4-19(27)26(3)18-8-7-15(9-16(18)22)21-25-17(12-29-21)20(28)24-11-14-6-5-13(2)23-10-14;1-3-18(27)26(2)16-6-5-13(8-14(16)21)20-25-15(11-29-20)19(28)24-10-12-4-7-17(22)23-9-12/h5-10,12H,4,11H2,1-3H3,(H,24,28);5-10,12H,4,11H2,1-3H3,(H,24,28);4-9,11H,3,10H2,1-2H3,(H2,22,23)(H,24,28). The van der Waals surface area contributed by atoms with Gasteiger partial charge in [0.1, 0.15) is 55.4 Å². The Balaban J connectivity index is 0.000000188. The summed E-state index contributed by atoms with van der Waals surface area (Å²) in [6.07, 6.45) is 5.79. The summed E-state index contributed by atoms with van der Waals surface area (Å²) in [6, 6.07) is 24.4. The van der Waals surface area contributed by atoms with Crippen LogP contribution in [0.15, 0.2) is 126 Å². The molecule has 0 saturated carbocycles. The number of aromatic nitrogens is 6. The number of anilines is 4. The number of nitrogen functional groups attached to an aromatic ring is 1. The van der Waals surface area contributed by atoms with E-state index in [-0.39, 0.29) is 82.4 Å². The number of benzene rings is 3. The topological polar surface area (TPSA) is 261 Å². The molecule has 0 unspecified atom stereocenters. The van der Waals surface area contributed by atoms with Crippen molar-refractivity contribution in [1.29, 1.82) is 0 Å². The highest BCUT2D eigenvalue weighted by Crippen LogP contribution is 2.32. The summed E-state index contributed by atoms with van der Waals surface area (Å²) in [7, 11) is 6.14. The molecule has 0 atom stereocenters. The zero-order valence-corrected chi connectivity index (χ0v) is 51.6. The number of halogens is 3. The molecule has 0 saturated heterocycles. The molecule has 0 aliphatic rings. The molecule has 0 aliphatic carbocycles. The Morgan fingerprint density at radius 3 is 1.11 bits per heavy atom. The minimum absolute atomic E-state index is 0.173. The third-order valence-electron chi connectivity index (χ3n) is 13.1. The summed E-state index contributed by atoms with van der Waals surface area (Å²) in [4.78, 5) is 101. The maximum absolute atomic E-state index is 14.5. The Kier molecular flexibility index (Phi) is 23.2. The Bertz CT molecular complexity index is 3750. The van der Waals surface area contributed by atoms with Crippen molar-refractivity contribution < 1.29 is 46.7 Å². The third kappa shape index (κ3) is 17.4. The van der Waals surface area contributed by atoms with E-state index < -0.39 is 17.5 Å². The van der Waals surface area contributed by atoms with Gasteiger partial charge in [-0.05, 0) is 90.3 Å². The first-order chi connectivity index (χ1) is 42.2. The number of carbonyl (C=O) groups is 6. The number of hydrogen-bond acceptors (Lipinski definition) is 17. The van der Waals surface area contributed by atoms with Crippen LogP contribution < -0.4 is 41.1 Å². The minimum atomic E-state index is -0.524. The average Bonchev–Trinajstić information content (AvgIpc) is 2.40. The number of aryl methyl sites for hydroxylation is 1. The molecular formula is C62H62F3N13O7S3. The zero-order valence-electron chi connectivity index (χ0n) is 49.2. The fourth-order valence-electron chi connectivity index (χ4n) is 7.98. The number of rotatable bonds is 19. The van der Waals surface area contributed by atoms with Gasteiger partial charge in [-0.3, -0.25) is 33.8 Å². The van der Waals surface area contributed by atoms with Crippen LogP contribution in [0.5, 0.6) is 5.88 Å². The second-order valence-corrected chi connectivity index (χ2v) is 21.8. The summed E-state index contributed by atoms with van der Waals surface area (Å²) in [5, 5.41) is 14.8. The molecule has 9 rings (SSSR count). The smallest absolute Gasteiger partial charge is 0.271 e. The first-order valence-corrected chi connectivity index (χ1v) is 29.9. The number of ether oxygens (including phenoxy) is 1. The molecule has 0 bridgehead atoms. The van der Waals surface area contributed by atoms with Gasteiger partial charge in [0.25, 0.3) is 17.7 Å². The van der Waals surface area contributed by atoms with E-state index in [0.29, 0.717) is 69.5 Å². The Labute approximate surface area is 517 Å². The first-order valence-electron chi connectivity index (χ1n) is 27.2. The molecule has 6 amide bonds. The Hall–Kier alpha value is -9.79. The van der Waals surface area contributed by atoms with E-state index in [1.54, 1.807) is 105 Å². The molecule has 0 spiro atoms. The maximum atomic E-state index is 14.5. The summed E-state index contributed by atoms with van der Waals surface area (Å²) >= 11 is 3.74. The number of nitrogens with zero attached hydrogens (tertiary/aromatic N) is 9. The van der Waals surface area contributed by atoms with E-state index in [4.69, 9.17) is 10.5 Å². The molecule has 0 fully saturated rings. The summed E-state index contributed by atoms with van der Waals surface area (Å²) < 4.78 is 48.5. The van der Waals surface area contributed by atoms with Crippen molar-refractivity contribution in [1.82, 2.24) is 45.9 Å². The summed E-state index contributed by atoms with van der Waals surface area (Å²) in [5.41, 5.74) is 12.0. The fourth-order valence-corrected chi connectivity index (χ4v) is 10.4. The molecule has 20 nitrogen and oxygen atoms in total. The molecule has 5 N–H and O–H groups in total. The molecule has 88 heavy (non-hydrogen) atoms. The fraction of sp³-hybridized carbons (Fsp3) is 0.226. The van der Waals surface area contributed by atoms with Crippen LogP contribution in [0.4, 0.5) is 36.1 Å². The van der Waals surface area contributed by atoms with Gasteiger partial charge in [-0.25, -0.2) is 38.1 Å². The predicted molar refractivity (Wildman–Crippen MR) is 336 cm³/mol. The molecule has 26 heteroatoms. The molecule has 0 aliphatic heterocycles. The predicted octanol–water partition coefficient (Wildman–Crippen LogP) is 10.8. The van der Waals surface area contributed by atoms with E-state index in [2.05, 4.69) is 45.9 Å². The third-order valence-corrected chi connectivity index (χ3v) is 15.8. The summed E-state index contributed by atoms with van der Waals surface area (Å²) in [6.45, 7) is 8.00. The van der Waals surface area contributed by atoms with E-state index in [0.717, 1.165) is 22.4 Å². The first kappa shape index (κ1) is 65.7. The van der Waals surface area contributed by atoms with Crippen LogP contribution in [0.1, 0.15) is 93.9 Å². The monoisotopic (exact) mass is 1250 g/mol. The van der Waals surface area contributed by atoms with Crippen LogP contribution in [-0.2, 0) is 34.0 Å². The van der Waals surface area contributed by atoms with E-state index >= 15 is 0 Å². The van der Waals surface area contributed by atoms with Crippen molar-refractivity contribution in [2.75, 3.05) is 48.7 Å². The van der Waals surface area contributed by atoms with Crippen LogP contribution in [0, 0.1) is 24.4 Å². The van der Waals surface area contributed by atoms with Crippen molar-refractivity contribution >= 4 is 92.3 Å². The van der Waals surface area contributed by atoms with E-state index in [9.17, 15) is 41.9 Å². The molecule has 6 aromatic heterocycles. The van der Waals surface area contributed by atoms with Gasteiger partial charge in [-0.1, -0.05) is 39.0 Å². The van der Waals surface area contributed by atoms with Gasteiger partial charge in [0.2, 0.25) is 23.6 Å². The lowest BCUT2D eigenvalue weighted by atomic mass is 10.2. The molecule has 9 aromatic rings. The van der Waals surface area contributed by atoms with Gasteiger partial charge in [-0.2, -0.15) is 0 Å². The number of pyridine rings is 3. The minimum Gasteiger partial charge on any atom is -0.481 e. The quantitative estimate of drug-likeness (QED) is 0.0587. The van der Waals surface area contributed by atoms with Crippen molar-refractivity contribution in [3.05, 3.63) is 183 Å². The number of hydrogen-bond donors (Lipinski definition) is 4. The highest BCUT2D eigenvalue weighted by atomic mass is 32.1. The number of nitrogens with two attached hydrogens (primary N) is 1. The molecule has 456 valence electrons. The number of amides is 6. The molecule has 3 aromatic carbocycles. The average molecular weight is 1250 g/mol. The number of nitrogens with one attached hydrogen (secondary N) is 3. The van der Waals surface area contributed by atoms with Gasteiger partial charge < -0.3 is 41.1 Å². The summed E-state index contributed by atoms with van der Waals surface area (Å²) in [5.74, 6) is -2.16. The lowest BCUT2D eigenvalue weighted by Gasteiger charge is -2.17. The number of thiazole rings is 3. The van der Waals surface area contributed by atoms with Gasteiger partial charge in [0.15, 0.2) is 0 Å². The zero-order chi connectivity index (χ0) is 63.6. The van der Waals surface area contributed by atoms with Crippen molar-refractivity contribution in [3.8, 4) is 37.6 Å². The van der Waals surface area contributed by atoms with E-state index in [1.165, 1.54) is 100 Å². The molecule has 6 heterocycles. The normalized spacial score (nSPS) is 10.6.